The van der Waals surface area contributed by atoms with Crippen LogP contribution in [-0.2, 0) is 14.9 Å². The molecule has 2 nitrogen and oxygen atoms in total. The zero-order chi connectivity index (χ0) is 15.6. The third-order valence-electron chi connectivity index (χ3n) is 4.71. The first-order valence-corrected chi connectivity index (χ1v) is 7.96. The van der Waals surface area contributed by atoms with Crippen LogP contribution >= 0.6 is 0 Å². The number of hydrogen-bond donors (Lipinski definition) is 0. The fourth-order valence-electron chi connectivity index (χ4n) is 3.61. The number of carbonyl (C=O) groups excluding carboxylic acids is 1. The lowest BCUT2D eigenvalue weighted by Crippen LogP contribution is -2.20. The Morgan fingerprint density at radius 2 is 1.50 bits per heavy atom. The Morgan fingerprint density at radius 1 is 0.955 bits per heavy atom. The van der Waals surface area contributed by atoms with E-state index in [1.165, 1.54) is 29.2 Å². The third-order valence-corrected chi connectivity index (χ3v) is 4.71. The van der Waals surface area contributed by atoms with E-state index in [2.05, 4.69) is 55.5 Å². The summed E-state index contributed by atoms with van der Waals surface area (Å²) in [7, 11) is 0. The van der Waals surface area contributed by atoms with E-state index in [1.807, 2.05) is 0 Å². The lowest BCUT2D eigenvalue weighted by Gasteiger charge is -2.27. The summed E-state index contributed by atoms with van der Waals surface area (Å²) in [6.07, 6.45) is 3.04. The number of ether oxygens (including phenoxy) is 1. The highest BCUT2D eigenvalue weighted by molar-refractivity contribution is 5.80. The molecule has 0 aromatic heterocycles. The predicted octanol–water partition coefficient (Wildman–Crippen LogP) is 4.71. The maximum atomic E-state index is 10.8. The van der Waals surface area contributed by atoms with Crippen LogP contribution in [0.15, 0.2) is 48.5 Å². The van der Waals surface area contributed by atoms with Crippen molar-refractivity contribution < 1.29 is 9.53 Å². The van der Waals surface area contributed by atoms with E-state index >= 15 is 0 Å². The normalized spacial score (nSPS) is 14.3. The smallest absolute Gasteiger partial charge is 0.302 e. The Morgan fingerprint density at radius 3 is 2.05 bits per heavy atom. The highest BCUT2D eigenvalue weighted by Crippen LogP contribution is 2.50. The summed E-state index contributed by atoms with van der Waals surface area (Å²) in [5, 5.41) is 0. The maximum Gasteiger partial charge on any atom is 0.302 e. The molecule has 0 saturated carbocycles. The minimum Gasteiger partial charge on any atom is -0.466 e. The Labute approximate surface area is 132 Å². The Hall–Kier alpha value is -2.09. The van der Waals surface area contributed by atoms with E-state index in [-0.39, 0.29) is 11.4 Å². The second-order valence-corrected chi connectivity index (χ2v) is 6.22. The molecule has 1 aliphatic carbocycles. The average molecular weight is 294 g/mol. The molecule has 0 spiro atoms. The van der Waals surface area contributed by atoms with Crippen molar-refractivity contribution in [3.8, 4) is 11.1 Å². The number of hydrogen-bond acceptors (Lipinski definition) is 2. The minimum atomic E-state index is -0.192. The summed E-state index contributed by atoms with van der Waals surface area (Å²) in [6.45, 7) is 4.32. The largest absolute Gasteiger partial charge is 0.466 e. The molecule has 0 aliphatic heterocycles. The number of unbranched alkanes of at least 4 members (excludes halogenated alkanes) is 1. The van der Waals surface area contributed by atoms with Crippen molar-refractivity contribution in [3.63, 3.8) is 0 Å². The summed E-state index contributed by atoms with van der Waals surface area (Å²) in [4.78, 5) is 10.8. The van der Waals surface area contributed by atoms with E-state index < -0.39 is 0 Å². The molecule has 0 heterocycles. The van der Waals surface area contributed by atoms with E-state index in [1.54, 1.807) is 0 Å². The van der Waals surface area contributed by atoms with Gasteiger partial charge in [-0.15, -0.1) is 0 Å². The molecule has 0 N–H and O–H groups in total. The van der Waals surface area contributed by atoms with Gasteiger partial charge in [0.15, 0.2) is 0 Å². The summed E-state index contributed by atoms with van der Waals surface area (Å²) in [5.41, 5.74) is 5.62. The minimum absolute atomic E-state index is 0.0589. The van der Waals surface area contributed by atoms with Crippen LogP contribution in [0, 0.1) is 0 Å². The van der Waals surface area contributed by atoms with Crippen LogP contribution in [0.5, 0.6) is 0 Å². The molecular formula is C20H22O2. The summed E-state index contributed by atoms with van der Waals surface area (Å²) < 4.78 is 5.04. The van der Waals surface area contributed by atoms with Crippen LogP contribution < -0.4 is 0 Å². The monoisotopic (exact) mass is 294 g/mol. The van der Waals surface area contributed by atoms with Crippen molar-refractivity contribution in [2.75, 3.05) is 6.61 Å². The molecule has 2 heteroatoms. The number of esters is 1. The first-order valence-electron chi connectivity index (χ1n) is 7.96. The van der Waals surface area contributed by atoms with Crippen LogP contribution in [0.4, 0.5) is 0 Å². The van der Waals surface area contributed by atoms with Gasteiger partial charge in [-0.1, -0.05) is 55.5 Å². The molecule has 0 unspecified atom stereocenters. The van der Waals surface area contributed by atoms with Gasteiger partial charge in [0, 0.05) is 12.3 Å². The van der Waals surface area contributed by atoms with E-state index in [4.69, 9.17) is 4.74 Å². The molecule has 2 aromatic rings. The highest BCUT2D eigenvalue weighted by atomic mass is 16.5. The molecule has 0 amide bonds. The average Bonchev–Trinajstić information content (AvgIpc) is 2.78. The van der Waals surface area contributed by atoms with Crippen molar-refractivity contribution in [1.29, 1.82) is 0 Å². The van der Waals surface area contributed by atoms with Gasteiger partial charge in [0.05, 0.1) is 6.61 Å². The Bertz CT molecular complexity index is 642. The number of benzene rings is 2. The molecule has 0 bridgehead atoms. The molecule has 0 radical (unpaired) electrons. The SMILES string of the molecule is CC(=O)OCCCCC1(C)c2ccccc2-c2ccccc21. The van der Waals surface area contributed by atoms with Gasteiger partial charge < -0.3 is 4.74 Å². The van der Waals surface area contributed by atoms with Crippen LogP contribution in [0.3, 0.4) is 0 Å². The van der Waals surface area contributed by atoms with Gasteiger partial charge in [-0.3, -0.25) is 4.79 Å². The molecule has 0 saturated heterocycles. The summed E-state index contributed by atoms with van der Waals surface area (Å²) >= 11 is 0. The topological polar surface area (TPSA) is 26.3 Å². The molecule has 22 heavy (non-hydrogen) atoms. The second kappa shape index (κ2) is 5.96. The van der Waals surface area contributed by atoms with Gasteiger partial charge in [0.2, 0.25) is 0 Å². The van der Waals surface area contributed by atoms with E-state index in [0.717, 1.165) is 19.3 Å². The van der Waals surface area contributed by atoms with Crippen LogP contribution in [0.1, 0.15) is 44.2 Å². The molecule has 0 fully saturated rings. The van der Waals surface area contributed by atoms with Gasteiger partial charge in [-0.25, -0.2) is 0 Å². The molecule has 2 aromatic carbocycles. The fraction of sp³-hybridized carbons (Fsp3) is 0.350. The number of carbonyl (C=O) groups is 1. The fourth-order valence-corrected chi connectivity index (χ4v) is 3.61. The molecule has 3 rings (SSSR count). The van der Waals surface area contributed by atoms with Crippen molar-refractivity contribution in [1.82, 2.24) is 0 Å². The molecule has 114 valence electrons. The van der Waals surface area contributed by atoms with Gasteiger partial charge in [0.1, 0.15) is 0 Å². The standard InChI is InChI=1S/C20H22O2/c1-15(21)22-14-8-7-13-20(2)18-11-5-3-9-16(18)17-10-4-6-12-19(17)20/h3-6,9-12H,7-8,13-14H2,1-2H3. The zero-order valence-corrected chi connectivity index (χ0v) is 13.3. The third kappa shape index (κ3) is 2.54. The van der Waals surface area contributed by atoms with E-state index in [9.17, 15) is 4.79 Å². The first-order chi connectivity index (χ1) is 10.6. The van der Waals surface area contributed by atoms with Crippen molar-refractivity contribution in [3.05, 3.63) is 59.7 Å². The van der Waals surface area contributed by atoms with Crippen LogP contribution in [0.2, 0.25) is 0 Å². The number of fused-ring (bicyclic) bond motifs is 3. The summed E-state index contributed by atoms with van der Waals surface area (Å²) in [6, 6.07) is 17.4. The quantitative estimate of drug-likeness (QED) is 0.590. The lowest BCUT2D eigenvalue weighted by molar-refractivity contribution is -0.141. The Kier molecular flexibility index (Phi) is 4.02. The van der Waals surface area contributed by atoms with Gasteiger partial charge in [-0.05, 0) is 41.5 Å². The van der Waals surface area contributed by atoms with E-state index in [0.29, 0.717) is 6.61 Å². The van der Waals surface area contributed by atoms with Gasteiger partial charge in [0.25, 0.3) is 0 Å². The molecule has 1 aliphatic rings. The van der Waals surface area contributed by atoms with Gasteiger partial charge in [-0.2, -0.15) is 0 Å². The van der Waals surface area contributed by atoms with Crippen molar-refractivity contribution in [2.24, 2.45) is 0 Å². The zero-order valence-electron chi connectivity index (χ0n) is 13.3. The highest BCUT2D eigenvalue weighted by Gasteiger charge is 2.38. The van der Waals surface area contributed by atoms with Gasteiger partial charge >= 0.3 is 5.97 Å². The van der Waals surface area contributed by atoms with Crippen molar-refractivity contribution in [2.45, 2.75) is 38.5 Å². The van der Waals surface area contributed by atoms with Crippen LogP contribution in [0.25, 0.3) is 11.1 Å². The predicted molar refractivity (Wildman–Crippen MR) is 88.8 cm³/mol. The number of rotatable bonds is 5. The molecular weight excluding hydrogens is 272 g/mol. The second-order valence-electron chi connectivity index (χ2n) is 6.22. The van der Waals surface area contributed by atoms with Crippen molar-refractivity contribution >= 4 is 5.97 Å². The summed E-state index contributed by atoms with van der Waals surface area (Å²) in [5.74, 6) is -0.192. The Balaban J connectivity index is 1.81. The first kappa shape index (κ1) is 14.8. The molecule has 0 atom stereocenters. The maximum absolute atomic E-state index is 10.8. The van der Waals surface area contributed by atoms with Crippen LogP contribution in [-0.4, -0.2) is 12.6 Å². The lowest BCUT2D eigenvalue weighted by atomic mass is 9.76.